The average molecular weight is 198 g/mol. The molecule has 0 radical (unpaired) electrons. The van der Waals surface area contributed by atoms with Gasteiger partial charge >= 0.3 is 0 Å². The van der Waals surface area contributed by atoms with Crippen molar-refractivity contribution < 1.29 is 0 Å². The summed E-state index contributed by atoms with van der Waals surface area (Å²) in [6, 6.07) is 7.52. The second-order valence-corrected chi connectivity index (χ2v) is 3.59. The highest BCUT2D eigenvalue weighted by Crippen LogP contribution is 2.21. The van der Waals surface area contributed by atoms with Crippen LogP contribution in [0.5, 0.6) is 0 Å². The van der Waals surface area contributed by atoms with Gasteiger partial charge in [-0.2, -0.15) is 0 Å². The zero-order valence-corrected chi connectivity index (χ0v) is 8.19. The minimum absolute atomic E-state index is 0.734. The van der Waals surface area contributed by atoms with Gasteiger partial charge in [0.15, 0.2) is 0 Å². The van der Waals surface area contributed by atoms with Gasteiger partial charge in [-0.15, -0.1) is 6.42 Å². The van der Waals surface area contributed by atoms with E-state index in [0.717, 1.165) is 10.7 Å². The average Bonchev–Trinajstić information content (AvgIpc) is 2.06. The fourth-order valence-corrected chi connectivity index (χ4v) is 1.29. The summed E-state index contributed by atoms with van der Waals surface area (Å²) < 4.78 is 1.90. The van der Waals surface area contributed by atoms with Gasteiger partial charge < -0.3 is 4.31 Å². The van der Waals surface area contributed by atoms with E-state index in [1.54, 1.807) is 0 Å². The van der Waals surface area contributed by atoms with Gasteiger partial charge in [-0.1, -0.05) is 11.6 Å². The molecular formula is C9H8ClNS. The fraction of sp³-hybridized carbons (Fsp3) is 0.111. The number of anilines is 1. The normalized spacial score (nSPS) is 9.08. The molecule has 0 saturated heterocycles. The van der Waals surface area contributed by atoms with Crippen molar-refractivity contribution >= 4 is 29.2 Å². The molecule has 0 aliphatic heterocycles. The first-order valence-corrected chi connectivity index (χ1v) is 4.51. The molecule has 1 nitrogen and oxygen atoms in total. The molecule has 0 saturated carbocycles. The summed E-state index contributed by atoms with van der Waals surface area (Å²) >= 11 is 7.04. The van der Waals surface area contributed by atoms with E-state index in [4.69, 9.17) is 18.0 Å². The van der Waals surface area contributed by atoms with Crippen LogP contribution in [0.1, 0.15) is 0 Å². The van der Waals surface area contributed by atoms with E-state index in [0.29, 0.717) is 0 Å². The van der Waals surface area contributed by atoms with Crippen LogP contribution in [0.3, 0.4) is 0 Å². The maximum Gasteiger partial charge on any atom is 0.0476 e. The number of terminal acetylenes is 1. The lowest BCUT2D eigenvalue weighted by atomic mass is 10.3. The van der Waals surface area contributed by atoms with Gasteiger partial charge in [0.25, 0.3) is 0 Å². The summed E-state index contributed by atoms with van der Waals surface area (Å²) in [4.78, 5) is 0. The van der Waals surface area contributed by atoms with Crippen molar-refractivity contribution in [3.8, 4) is 11.7 Å². The van der Waals surface area contributed by atoms with E-state index in [2.05, 4.69) is 5.25 Å². The molecule has 0 unspecified atom stereocenters. The number of benzene rings is 1. The molecule has 0 bridgehead atoms. The molecule has 62 valence electrons. The summed E-state index contributed by atoms with van der Waals surface area (Å²) in [5.41, 5.74) is 1.04. The third-order valence-electron chi connectivity index (χ3n) is 1.38. The minimum atomic E-state index is 0.734. The predicted molar refractivity (Wildman–Crippen MR) is 56.3 cm³/mol. The van der Waals surface area contributed by atoms with Gasteiger partial charge in [-0.25, -0.2) is 0 Å². The molecule has 0 atom stereocenters. The van der Waals surface area contributed by atoms with Crippen molar-refractivity contribution in [3.63, 3.8) is 0 Å². The lowest BCUT2D eigenvalue weighted by Gasteiger charge is -2.13. The Labute approximate surface area is 81.8 Å². The van der Waals surface area contributed by atoms with Crippen molar-refractivity contribution in [3.05, 3.63) is 29.3 Å². The number of rotatable bonds is 2. The molecule has 0 aliphatic carbocycles. The van der Waals surface area contributed by atoms with Gasteiger partial charge in [0.1, 0.15) is 0 Å². The van der Waals surface area contributed by atoms with Crippen molar-refractivity contribution in [1.82, 2.24) is 0 Å². The van der Waals surface area contributed by atoms with Gasteiger partial charge in [-0.05, 0) is 29.5 Å². The summed E-state index contributed by atoms with van der Waals surface area (Å²) in [6.45, 7) is 0. The molecule has 0 N–H and O–H groups in total. The molecule has 1 rings (SSSR count). The number of hydrogen-bond donors (Lipinski definition) is 0. The van der Waals surface area contributed by atoms with Crippen molar-refractivity contribution in [2.45, 2.75) is 0 Å². The number of nitrogens with zero attached hydrogens (tertiary/aromatic N) is 1. The highest BCUT2D eigenvalue weighted by atomic mass is 35.5. The van der Waals surface area contributed by atoms with E-state index in [9.17, 15) is 0 Å². The number of hydrogen-bond acceptors (Lipinski definition) is 2. The van der Waals surface area contributed by atoms with E-state index >= 15 is 0 Å². The first-order valence-electron chi connectivity index (χ1n) is 3.36. The summed E-state index contributed by atoms with van der Waals surface area (Å²) in [7, 11) is 1.91. The van der Waals surface area contributed by atoms with E-state index in [1.165, 1.54) is 11.9 Å². The third-order valence-corrected chi connectivity index (χ3v) is 2.22. The highest BCUT2D eigenvalue weighted by Gasteiger charge is 1.98. The first-order chi connectivity index (χ1) is 5.74. The van der Waals surface area contributed by atoms with Crippen LogP contribution in [0.15, 0.2) is 24.3 Å². The fourth-order valence-electron chi connectivity index (χ4n) is 0.783. The molecule has 1 aromatic rings. The van der Waals surface area contributed by atoms with Gasteiger partial charge in [0, 0.05) is 29.7 Å². The molecular weight excluding hydrogens is 190 g/mol. The van der Waals surface area contributed by atoms with Crippen LogP contribution in [0.4, 0.5) is 5.69 Å². The molecule has 3 heteroatoms. The van der Waals surface area contributed by atoms with E-state index in [1.807, 2.05) is 35.6 Å². The summed E-state index contributed by atoms with van der Waals surface area (Å²) in [6.07, 6.45) is 5.14. The monoisotopic (exact) mass is 197 g/mol. The highest BCUT2D eigenvalue weighted by molar-refractivity contribution is 8.05. The van der Waals surface area contributed by atoms with Crippen LogP contribution in [-0.4, -0.2) is 7.05 Å². The van der Waals surface area contributed by atoms with Gasteiger partial charge in [0.05, 0.1) is 0 Å². The van der Waals surface area contributed by atoms with Crippen molar-refractivity contribution in [1.29, 1.82) is 0 Å². The van der Waals surface area contributed by atoms with Crippen LogP contribution >= 0.6 is 23.5 Å². The third kappa shape index (κ3) is 2.37. The molecule has 0 fully saturated rings. The van der Waals surface area contributed by atoms with Crippen molar-refractivity contribution in [2.24, 2.45) is 0 Å². The largest absolute Gasteiger partial charge is 0.309 e. The second kappa shape index (κ2) is 4.30. The second-order valence-electron chi connectivity index (χ2n) is 2.18. The molecule has 0 heterocycles. The quantitative estimate of drug-likeness (QED) is 0.530. The Morgan fingerprint density at radius 1 is 1.42 bits per heavy atom. The Hall–Kier alpha value is -0.780. The van der Waals surface area contributed by atoms with Gasteiger partial charge in [0.2, 0.25) is 0 Å². The maximum atomic E-state index is 5.73. The molecule has 0 amide bonds. The molecule has 0 spiro atoms. The molecule has 1 aromatic carbocycles. The van der Waals surface area contributed by atoms with Crippen molar-refractivity contribution in [2.75, 3.05) is 11.4 Å². The Bertz CT molecular complexity index is 288. The lowest BCUT2D eigenvalue weighted by Crippen LogP contribution is -2.03. The predicted octanol–water partition coefficient (Wildman–Crippen LogP) is 3.02. The van der Waals surface area contributed by atoms with Crippen LogP contribution in [0.25, 0.3) is 0 Å². The van der Waals surface area contributed by atoms with Crippen LogP contribution in [-0.2, 0) is 0 Å². The number of halogens is 1. The Balaban J connectivity index is 2.76. The minimum Gasteiger partial charge on any atom is -0.309 e. The smallest absolute Gasteiger partial charge is 0.0476 e. The SMILES string of the molecule is C#CSN(C)c1ccc(Cl)cc1. The molecule has 0 aliphatic rings. The standard InChI is InChI=1S/C9H8ClNS/c1-3-12-11(2)9-6-4-8(10)5-7-9/h1,4-7H,2H3. The zero-order chi connectivity index (χ0) is 8.97. The Morgan fingerprint density at radius 3 is 2.50 bits per heavy atom. The van der Waals surface area contributed by atoms with E-state index in [-0.39, 0.29) is 0 Å². The summed E-state index contributed by atoms with van der Waals surface area (Å²) in [5, 5.41) is 3.22. The summed E-state index contributed by atoms with van der Waals surface area (Å²) in [5.74, 6) is 0. The maximum absolute atomic E-state index is 5.73. The first kappa shape index (κ1) is 9.31. The zero-order valence-electron chi connectivity index (χ0n) is 6.62. The van der Waals surface area contributed by atoms with E-state index < -0.39 is 0 Å². The van der Waals surface area contributed by atoms with Gasteiger partial charge in [-0.3, -0.25) is 0 Å². The molecule has 0 aromatic heterocycles. The van der Waals surface area contributed by atoms with Crippen LogP contribution in [0.2, 0.25) is 5.02 Å². The Kier molecular flexibility index (Phi) is 3.33. The molecule has 12 heavy (non-hydrogen) atoms. The Morgan fingerprint density at radius 2 is 2.00 bits per heavy atom. The van der Waals surface area contributed by atoms with Crippen LogP contribution < -0.4 is 4.31 Å². The topological polar surface area (TPSA) is 3.24 Å². The van der Waals surface area contributed by atoms with Crippen LogP contribution in [0, 0.1) is 11.7 Å². The lowest BCUT2D eigenvalue weighted by molar-refractivity contribution is 1.37.